The average Bonchev–Trinajstić information content (AvgIpc) is 3.52. The van der Waals surface area contributed by atoms with Gasteiger partial charge in [-0.1, -0.05) is 11.3 Å². The number of nitrogens with zero attached hydrogens (tertiary/aromatic N) is 3. The molecule has 4 heterocycles. The van der Waals surface area contributed by atoms with Gasteiger partial charge >= 0.3 is 5.97 Å². The van der Waals surface area contributed by atoms with Crippen molar-refractivity contribution in [2.45, 2.75) is 39.2 Å². The average molecular weight is 538 g/mol. The molecule has 2 aliphatic rings. The zero-order chi connectivity index (χ0) is 26.8. The number of hydrogen-bond acceptors (Lipinski definition) is 9. The molecule has 1 aromatic carbocycles. The number of thiazole rings is 1. The number of allylic oxidation sites excluding steroid dienone is 1. The summed E-state index contributed by atoms with van der Waals surface area (Å²) >= 11 is 1.25. The van der Waals surface area contributed by atoms with E-state index in [1.165, 1.54) is 22.3 Å². The lowest BCUT2D eigenvalue weighted by Crippen LogP contribution is -2.40. The van der Waals surface area contributed by atoms with Gasteiger partial charge in [0.05, 0.1) is 36.6 Å². The van der Waals surface area contributed by atoms with Crippen molar-refractivity contribution in [3.8, 4) is 11.5 Å². The first-order chi connectivity index (χ1) is 18.4. The Morgan fingerprint density at radius 2 is 1.95 bits per heavy atom. The maximum Gasteiger partial charge on any atom is 0.338 e. The van der Waals surface area contributed by atoms with Crippen molar-refractivity contribution in [3.05, 3.63) is 72.6 Å². The quantitative estimate of drug-likeness (QED) is 0.427. The summed E-state index contributed by atoms with van der Waals surface area (Å²) in [5.74, 6) is 1.95. The number of carbonyl (C=O) groups is 1. The first kappa shape index (κ1) is 25.8. The Balaban J connectivity index is 1.66. The fraction of sp³-hybridized carbons (Fsp3) is 0.393. The van der Waals surface area contributed by atoms with Gasteiger partial charge in [-0.2, -0.15) is 0 Å². The highest BCUT2D eigenvalue weighted by Gasteiger charge is 2.35. The lowest BCUT2D eigenvalue weighted by Gasteiger charge is -2.26. The summed E-state index contributed by atoms with van der Waals surface area (Å²) in [7, 11) is 3.11. The van der Waals surface area contributed by atoms with Crippen LogP contribution in [0.4, 0.5) is 5.88 Å². The van der Waals surface area contributed by atoms with Crippen LogP contribution in [0, 0.1) is 0 Å². The van der Waals surface area contributed by atoms with E-state index in [-0.39, 0.29) is 17.7 Å². The molecule has 0 amide bonds. The standard InChI is InChI=1S/C28H31N3O6S/c1-5-36-27(33)24-17(2)29-28-31(25(24)20-15-18(34-3)9-11-21(20)35-4)26(32)22(38-28)16-19-10-12-23(37-19)30-13-7-6-8-14-30/h9-12,15-16,25H,5-8,13-14H2,1-4H3/b22-16+. The molecule has 38 heavy (non-hydrogen) atoms. The van der Waals surface area contributed by atoms with Gasteiger partial charge in [-0.3, -0.25) is 9.36 Å². The van der Waals surface area contributed by atoms with Crippen molar-refractivity contribution >= 4 is 29.3 Å². The lowest BCUT2D eigenvalue weighted by atomic mass is 9.95. The van der Waals surface area contributed by atoms with Gasteiger partial charge in [0.1, 0.15) is 23.3 Å². The molecule has 9 nitrogen and oxygen atoms in total. The monoisotopic (exact) mass is 537 g/mol. The SMILES string of the molecule is CCOC(=O)C1=C(C)N=c2s/c(=C/c3ccc(N4CCCCC4)o3)c(=O)n2C1c1cc(OC)ccc1OC. The second kappa shape index (κ2) is 10.9. The summed E-state index contributed by atoms with van der Waals surface area (Å²) in [6, 6.07) is 8.31. The maximum absolute atomic E-state index is 13.9. The number of anilines is 1. The van der Waals surface area contributed by atoms with Crippen LogP contribution in [0.3, 0.4) is 0 Å². The molecule has 2 aliphatic heterocycles. The van der Waals surface area contributed by atoms with Gasteiger partial charge in [0, 0.05) is 30.8 Å². The Morgan fingerprint density at radius 1 is 1.16 bits per heavy atom. The highest BCUT2D eigenvalue weighted by Crippen LogP contribution is 2.37. The molecule has 0 N–H and O–H groups in total. The molecule has 0 radical (unpaired) electrons. The van der Waals surface area contributed by atoms with Crippen molar-refractivity contribution in [1.82, 2.24) is 4.57 Å². The van der Waals surface area contributed by atoms with Crippen LogP contribution in [0.5, 0.6) is 11.5 Å². The normalized spacial score (nSPS) is 17.7. The third-order valence-electron chi connectivity index (χ3n) is 6.80. The number of aromatic nitrogens is 1. The van der Waals surface area contributed by atoms with E-state index < -0.39 is 12.0 Å². The molecular weight excluding hydrogens is 506 g/mol. The summed E-state index contributed by atoms with van der Waals surface area (Å²) in [6.45, 7) is 5.62. The summed E-state index contributed by atoms with van der Waals surface area (Å²) in [5, 5.41) is 0. The topological polar surface area (TPSA) is 95.5 Å². The van der Waals surface area contributed by atoms with E-state index in [4.69, 9.17) is 18.6 Å². The molecule has 1 unspecified atom stereocenters. The Kier molecular flexibility index (Phi) is 7.42. The highest BCUT2D eigenvalue weighted by molar-refractivity contribution is 7.07. The van der Waals surface area contributed by atoms with Crippen LogP contribution in [0.1, 0.15) is 50.5 Å². The minimum Gasteiger partial charge on any atom is -0.497 e. The van der Waals surface area contributed by atoms with E-state index >= 15 is 0 Å². The number of carbonyl (C=O) groups excluding carboxylic acids is 1. The van der Waals surface area contributed by atoms with E-state index in [0.29, 0.717) is 37.9 Å². The number of rotatable bonds is 7. The van der Waals surface area contributed by atoms with Crippen LogP contribution in [0.2, 0.25) is 0 Å². The van der Waals surface area contributed by atoms with E-state index in [0.717, 1.165) is 31.8 Å². The van der Waals surface area contributed by atoms with Crippen molar-refractivity contribution < 1.29 is 23.4 Å². The van der Waals surface area contributed by atoms with Crippen molar-refractivity contribution in [2.75, 3.05) is 38.8 Å². The number of fused-ring (bicyclic) bond motifs is 1. The summed E-state index contributed by atoms with van der Waals surface area (Å²) in [5.41, 5.74) is 1.08. The van der Waals surface area contributed by atoms with Crippen molar-refractivity contribution in [1.29, 1.82) is 0 Å². The molecule has 2 aromatic heterocycles. The predicted octanol–water partition coefficient (Wildman–Crippen LogP) is 3.40. The van der Waals surface area contributed by atoms with Gasteiger partial charge in [0.2, 0.25) is 0 Å². The molecule has 200 valence electrons. The number of furan rings is 1. The number of hydrogen-bond donors (Lipinski definition) is 0. The number of benzene rings is 1. The van der Waals surface area contributed by atoms with Gasteiger partial charge < -0.3 is 23.5 Å². The van der Waals surface area contributed by atoms with Crippen LogP contribution in [0.25, 0.3) is 6.08 Å². The third-order valence-corrected chi connectivity index (χ3v) is 7.79. The van der Waals surface area contributed by atoms with E-state index in [1.54, 1.807) is 52.3 Å². The number of methoxy groups -OCH3 is 2. The molecule has 0 aliphatic carbocycles. The van der Waals surface area contributed by atoms with Gasteiger partial charge in [-0.25, -0.2) is 9.79 Å². The van der Waals surface area contributed by atoms with Crippen LogP contribution >= 0.6 is 11.3 Å². The van der Waals surface area contributed by atoms with Crippen molar-refractivity contribution in [3.63, 3.8) is 0 Å². The molecule has 0 bridgehead atoms. The Labute approximate surface area is 224 Å². The molecule has 1 saturated heterocycles. The number of ether oxygens (including phenoxy) is 3. The zero-order valence-electron chi connectivity index (χ0n) is 22.0. The molecule has 5 rings (SSSR count). The van der Waals surface area contributed by atoms with E-state index in [1.807, 2.05) is 12.1 Å². The van der Waals surface area contributed by atoms with E-state index in [9.17, 15) is 9.59 Å². The first-order valence-electron chi connectivity index (χ1n) is 12.7. The molecule has 1 atom stereocenters. The zero-order valence-corrected chi connectivity index (χ0v) is 22.8. The largest absolute Gasteiger partial charge is 0.497 e. The van der Waals surface area contributed by atoms with Crippen LogP contribution in [-0.4, -0.2) is 44.5 Å². The number of esters is 1. The molecule has 0 saturated carbocycles. The van der Waals surface area contributed by atoms with Gasteiger partial charge in [-0.05, 0) is 57.4 Å². The fourth-order valence-corrected chi connectivity index (χ4v) is 6.00. The Morgan fingerprint density at radius 3 is 2.66 bits per heavy atom. The summed E-state index contributed by atoms with van der Waals surface area (Å²) in [6.07, 6.45) is 5.26. The Hall–Kier alpha value is -3.79. The summed E-state index contributed by atoms with van der Waals surface area (Å²) < 4.78 is 24.5. The smallest absolute Gasteiger partial charge is 0.338 e. The van der Waals surface area contributed by atoms with Gasteiger partial charge in [0.25, 0.3) is 5.56 Å². The second-order valence-corrected chi connectivity index (χ2v) is 10.1. The minimum absolute atomic E-state index is 0.194. The van der Waals surface area contributed by atoms with Crippen LogP contribution in [0.15, 0.2) is 55.8 Å². The predicted molar refractivity (Wildman–Crippen MR) is 145 cm³/mol. The summed E-state index contributed by atoms with van der Waals surface area (Å²) in [4.78, 5) is 34.4. The third kappa shape index (κ3) is 4.76. The lowest BCUT2D eigenvalue weighted by molar-refractivity contribution is -0.139. The maximum atomic E-state index is 13.9. The van der Waals surface area contributed by atoms with Crippen LogP contribution < -0.4 is 29.3 Å². The van der Waals surface area contributed by atoms with Crippen molar-refractivity contribution in [2.24, 2.45) is 4.99 Å². The first-order valence-corrected chi connectivity index (χ1v) is 13.5. The fourth-order valence-electron chi connectivity index (χ4n) is 4.97. The van der Waals surface area contributed by atoms with Gasteiger partial charge in [-0.15, -0.1) is 0 Å². The van der Waals surface area contributed by atoms with Crippen LogP contribution in [-0.2, 0) is 9.53 Å². The van der Waals surface area contributed by atoms with Gasteiger partial charge in [0.15, 0.2) is 10.7 Å². The Bertz CT molecular complexity index is 1560. The second-order valence-electron chi connectivity index (χ2n) is 9.13. The van der Waals surface area contributed by atoms with E-state index in [2.05, 4.69) is 9.89 Å². The molecule has 1 fully saturated rings. The molecular formula is C28H31N3O6S. The number of piperidine rings is 1. The minimum atomic E-state index is -0.807. The molecule has 3 aromatic rings. The molecule has 10 heteroatoms. The highest BCUT2D eigenvalue weighted by atomic mass is 32.1. The molecule has 0 spiro atoms.